The van der Waals surface area contributed by atoms with Crippen LogP contribution in [0.25, 0.3) is 0 Å². The molecule has 2 rings (SSSR count). The number of phenols is 1. The summed E-state index contributed by atoms with van der Waals surface area (Å²) < 4.78 is 10.3. The van der Waals surface area contributed by atoms with Gasteiger partial charge in [0, 0.05) is 12.2 Å². The van der Waals surface area contributed by atoms with Crippen molar-refractivity contribution in [3.05, 3.63) is 47.5 Å². The molecule has 0 saturated heterocycles. The minimum atomic E-state index is 0.0241. The molecule has 2 aromatic rings. The standard InChI is InChI=1S/C17H21NO3/c1-4-12-5-7-14(8-6-12)18-11-13-9-15(20-2)17(19)16(10-13)21-3/h5-10,18-19H,4,11H2,1-3H3. The lowest BCUT2D eigenvalue weighted by Crippen LogP contribution is -2.01. The van der Waals surface area contributed by atoms with Crippen molar-refractivity contribution in [1.82, 2.24) is 0 Å². The van der Waals surface area contributed by atoms with E-state index >= 15 is 0 Å². The third kappa shape index (κ3) is 3.60. The summed E-state index contributed by atoms with van der Waals surface area (Å²) in [4.78, 5) is 0. The molecule has 21 heavy (non-hydrogen) atoms. The molecular weight excluding hydrogens is 266 g/mol. The van der Waals surface area contributed by atoms with Crippen LogP contribution in [0.2, 0.25) is 0 Å². The maximum Gasteiger partial charge on any atom is 0.200 e. The van der Waals surface area contributed by atoms with Crippen LogP contribution in [0, 0.1) is 0 Å². The highest BCUT2D eigenvalue weighted by molar-refractivity contribution is 5.54. The summed E-state index contributed by atoms with van der Waals surface area (Å²) in [5, 5.41) is 13.2. The first kappa shape index (κ1) is 15.0. The Bertz CT molecular complexity index is 568. The van der Waals surface area contributed by atoms with Gasteiger partial charge < -0.3 is 19.9 Å². The quantitative estimate of drug-likeness (QED) is 0.852. The lowest BCUT2D eigenvalue weighted by Gasteiger charge is -2.12. The van der Waals surface area contributed by atoms with Gasteiger partial charge in [-0.2, -0.15) is 0 Å². The van der Waals surface area contributed by atoms with E-state index in [-0.39, 0.29) is 5.75 Å². The molecule has 0 aromatic heterocycles. The number of aromatic hydroxyl groups is 1. The molecule has 0 saturated carbocycles. The van der Waals surface area contributed by atoms with Gasteiger partial charge in [-0.15, -0.1) is 0 Å². The van der Waals surface area contributed by atoms with Gasteiger partial charge in [0.15, 0.2) is 11.5 Å². The molecule has 0 unspecified atom stereocenters. The molecule has 0 atom stereocenters. The van der Waals surface area contributed by atoms with Crippen molar-refractivity contribution in [3.63, 3.8) is 0 Å². The molecule has 0 aliphatic heterocycles. The summed E-state index contributed by atoms with van der Waals surface area (Å²) in [5.41, 5.74) is 3.34. The maximum atomic E-state index is 9.89. The highest BCUT2D eigenvalue weighted by atomic mass is 16.5. The van der Waals surface area contributed by atoms with Crippen LogP contribution in [0.1, 0.15) is 18.1 Å². The average molecular weight is 287 g/mol. The lowest BCUT2D eigenvalue weighted by atomic mass is 10.1. The van der Waals surface area contributed by atoms with Crippen molar-refractivity contribution in [2.45, 2.75) is 19.9 Å². The molecule has 0 heterocycles. The van der Waals surface area contributed by atoms with Gasteiger partial charge in [0.1, 0.15) is 0 Å². The second-order valence-corrected chi connectivity index (χ2v) is 4.75. The summed E-state index contributed by atoms with van der Waals surface area (Å²) in [6.07, 6.45) is 1.03. The lowest BCUT2D eigenvalue weighted by molar-refractivity contribution is 0.339. The fourth-order valence-corrected chi connectivity index (χ4v) is 2.11. The second-order valence-electron chi connectivity index (χ2n) is 4.75. The fourth-order valence-electron chi connectivity index (χ4n) is 2.11. The zero-order valence-electron chi connectivity index (χ0n) is 12.6. The van der Waals surface area contributed by atoms with Gasteiger partial charge >= 0.3 is 0 Å². The van der Waals surface area contributed by atoms with Crippen molar-refractivity contribution in [1.29, 1.82) is 0 Å². The van der Waals surface area contributed by atoms with Crippen LogP contribution in [-0.2, 0) is 13.0 Å². The van der Waals surface area contributed by atoms with Crippen LogP contribution in [0.5, 0.6) is 17.2 Å². The van der Waals surface area contributed by atoms with Crippen LogP contribution in [-0.4, -0.2) is 19.3 Å². The third-order valence-electron chi connectivity index (χ3n) is 3.40. The van der Waals surface area contributed by atoms with Crippen molar-refractivity contribution < 1.29 is 14.6 Å². The average Bonchev–Trinajstić information content (AvgIpc) is 2.54. The van der Waals surface area contributed by atoms with Crippen LogP contribution >= 0.6 is 0 Å². The molecule has 0 radical (unpaired) electrons. The van der Waals surface area contributed by atoms with Gasteiger partial charge in [-0.3, -0.25) is 0 Å². The van der Waals surface area contributed by atoms with E-state index in [9.17, 15) is 5.11 Å². The third-order valence-corrected chi connectivity index (χ3v) is 3.40. The molecule has 0 aliphatic rings. The van der Waals surface area contributed by atoms with Crippen LogP contribution < -0.4 is 14.8 Å². The van der Waals surface area contributed by atoms with Gasteiger partial charge in [-0.25, -0.2) is 0 Å². The molecule has 0 spiro atoms. The van der Waals surface area contributed by atoms with E-state index in [1.54, 1.807) is 12.1 Å². The van der Waals surface area contributed by atoms with Crippen LogP contribution in [0.3, 0.4) is 0 Å². The maximum absolute atomic E-state index is 9.89. The number of benzene rings is 2. The molecular formula is C17H21NO3. The van der Waals surface area contributed by atoms with E-state index in [1.165, 1.54) is 19.8 Å². The number of hydrogen-bond acceptors (Lipinski definition) is 4. The Morgan fingerprint density at radius 1 is 0.952 bits per heavy atom. The van der Waals surface area contributed by atoms with Crippen LogP contribution in [0.15, 0.2) is 36.4 Å². The van der Waals surface area contributed by atoms with E-state index in [2.05, 4.69) is 36.5 Å². The number of ether oxygens (including phenoxy) is 2. The molecule has 0 fully saturated rings. The van der Waals surface area contributed by atoms with Crippen molar-refractivity contribution in [2.75, 3.05) is 19.5 Å². The first-order valence-corrected chi connectivity index (χ1v) is 6.94. The Balaban J connectivity index is 2.11. The Morgan fingerprint density at radius 3 is 2.00 bits per heavy atom. The number of phenolic OH excluding ortho intramolecular Hbond substituents is 1. The number of hydrogen-bond donors (Lipinski definition) is 2. The van der Waals surface area contributed by atoms with Crippen molar-refractivity contribution >= 4 is 5.69 Å². The summed E-state index contributed by atoms with van der Waals surface area (Å²) >= 11 is 0. The largest absolute Gasteiger partial charge is 0.502 e. The highest BCUT2D eigenvalue weighted by Crippen LogP contribution is 2.37. The molecule has 0 bridgehead atoms. The molecule has 0 aliphatic carbocycles. The van der Waals surface area contributed by atoms with E-state index in [4.69, 9.17) is 9.47 Å². The molecule has 4 nitrogen and oxygen atoms in total. The van der Waals surface area contributed by atoms with Gasteiger partial charge in [0.2, 0.25) is 5.75 Å². The normalized spacial score (nSPS) is 10.2. The Morgan fingerprint density at radius 2 is 1.52 bits per heavy atom. The number of nitrogens with one attached hydrogen (secondary N) is 1. The van der Waals surface area contributed by atoms with Gasteiger partial charge in [0.25, 0.3) is 0 Å². The SMILES string of the molecule is CCc1ccc(NCc2cc(OC)c(O)c(OC)c2)cc1. The molecule has 2 N–H and O–H groups in total. The summed E-state index contributed by atoms with van der Waals surface area (Å²) in [6, 6.07) is 11.9. The van der Waals surface area contributed by atoms with Crippen molar-refractivity contribution in [3.8, 4) is 17.2 Å². The van der Waals surface area contributed by atoms with E-state index < -0.39 is 0 Å². The Kier molecular flexibility index (Phi) is 4.93. The summed E-state index contributed by atoms with van der Waals surface area (Å²) in [7, 11) is 3.05. The molecule has 112 valence electrons. The predicted molar refractivity (Wildman–Crippen MR) is 84.4 cm³/mol. The minimum Gasteiger partial charge on any atom is -0.502 e. The first-order valence-electron chi connectivity index (χ1n) is 6.94. The monoisotopic (exact) mass is 287 g/mol. The molecule has 0 amide bonds. The topological polar surface area (TPSA) is 50.7 Å². The molecule has 4 heteroatoms. The number of anilines is 1. The smallest absolute Gasteiger partial charge is 0.200 e. The van der Waals surface area contributed by atoms with Gasteiger partial charge in [-0.1, -0.05) is 19.1 Å². The first-order chi connectivity index (χ1) is 10.2. The molecule has 2 aromatic carbocycles. The summed E-state index contributed by atoms with van der Waals surface area (Å²) in [5.74, 6) is 0.844. The number of aryl methyl sites for hydroxylation is 1. The van der Waals surface area contributed by atoms with Gasteiger partial charge in [-0.05, 0) is 41.8 Å². The second kappa shape index (κ2) is 6.88. The highest BCUT2D eigenvalue weighted by Gasteiger charge is 2.10. The zero-order chi connectivity index (χ0) is 15.2. The van der Waals surface area contributed by atoms with Gasteiger partial charge in [0.05, 0.1) is 14.2 Å². The van der Waals surface area contributed by atoms with Crippen LogP contribution in [0.4, 0.5) is 5.69 Å². The van der Waals surface area contributed by atoms with E-state index in [0.717, 1.165) is 17.7 Å². The predicted octanol–water partition coefficient (Wildman–Crippen LogP) is 3.58. The summed E-state index contributed by atoms with van der Waals surface area (Å²) in [6.45, 7) is 2.76. The Labute approximate surface area is 125 Å². The number of rotatable bonds is 6. The van der Waals surface area contributed by atoms with Crippen molar-refractivity contribution in [2.24, 2.45) is 0 Å². The zero-order valence-corrected chi connectivity index (χ0v) is 12.6. The van der Waals surface area contributed by atoms with E-state index in [0.29, 0.717) is 18.0 Å². The minimum absolute atomic E-state index is 0.0241. The van der Waals surface area contributed by atoms with E-state index in [1.807, 2.05) is 0 Å². The number of methoxy groups -OCH3 is 2. The Hall–Kier alpha value is -2.36. The fraction of sp³-hybridized carbons (Fsp3) is 0.294.